The van der Waals surface area contributed by atoms with Crippen molar-refractivity contribution in [3.05, 3.63) is 81.0 Å². The number of fused-ring (bicyclic) bond motifs is 1. The van der Waals surface area contributed by atoms with E-state index in [1.165, 1.54) is 6.07 Å². The van der Waals surface area contributed by atoms with E-state index in [2.05, 4.69) is 20.1 Å². The summed E-state index contributed by atoms with van der Waals surface area (Å²) in [5.41, 5.74) is 10.8. The highest BCUT2D eigenvalue weighted by molar-refractivity contribution is 6.02. The van der Waals surface area contributed by atoms with Gasteiger partial charge in [0.15, 0.2) is 5.82 Å². The van der Waals surface area contributed by atoms with Crippen LogP contribution in [0.4, 0.5) is 10.2 Å². The third kappa shape index (κ3) is 4.20. The molecule has 1 saturated carbocycles. The van der Waals surface area contributed by atoms with Crippen LogP contribution in [0, 0.1) is 19.7 Å². The molecule has 1 amide bonds. The smallest absolute Gasteiger partial charge is 0.288 e. The monoisotopic (exact) mass is 473 g/mol. The summed E-state index contributed by atoms with van der Waals surface area (Å²) in [6, 6.07) is 11.0. The van der Waals surface area contributed by atoms with Gasteiger partial charge in [-0.2, -0.15) is 5.10 Å². The first kappa shape index (κ1) is 22.8. The Kier molecular flexibility index (Phi) is 5.88. The van der Waals surface area contributed by atoms with Crippen molar-refractivity contribution in [3.63, 3.8) is 0 Å². The summed E-state index contributed by atoms with van der Waals surface area (Å²) >= 11 is 0. The van der Waals surface area contributed by atoms with Crippen molar-refractivity contribution < 1.29 is 9.18 Å². The van der Waals surface area contributed by atoms with E-state index in [0.29, 0.717) is 40.0 Å². The van der Waals surface area contributed by atoms with Crippen molar-refractivity contribution >= 4 is 22.6 Å². The Hall–Kier alpha value is -3.94. The van der Waals surface area contributed by atoms with E-state index in [4.69, 9.17) is 5.73 Å². The molecule has 180 valence electrons. The largest absolute Gasteiger partial charge is 0.382 e. The van der Waals surface area contributed by atoms with E-state index >= 15 is 0 Å². The lowest BCUT2D eigenvalue weighted by molar-refractivity contribution is 0.0950. The zero-order valence-corrected chi connectivity index (χ0v) is 19.8. The van der Waals surface area contributed by atoms with Crippen LogP contribution in [0.25, 0.3) is 22.0 Å². The van der Waals surface area contributed by atoms with Gasteiger partial charge in [-0.05, 0) is 61.1 Å². The van der Waals surface area contributed by atoms with Crippen LogP contribution in [-0.4, -0.2) is 20.7 Å². The number of anilines is 1. The molecule has 1 aliphatic carbocycles. The number of nitrogens with two attached hydrogens (primary N) is 1. The van der Waals surface area contributed by atoms with Gasteiger partial charge < -0.3 is 15.6 Å². The van der Waals surface area contributed by atoms with Gasteiger partial charge in [0.25, 0.3) is 11.5 Å². The summed E-state index contributed by atoms with van der Waals surface area (Å²) in [5.74, 6) is -0.262. The fourth-order valence-corrected chi connectivity index (χ4v) is 5.03. The number of amides is 1. The fraction of sp³-hybridized carbons (Fsp3) is 0.296. The minimum Gasteiger partial charge on any atom is -0.382 e. The summed E-state index contributed by atoms with van der Waals surface area (Å²) in [6.45, 7) is 3.70. The van der Waals surface area contributed by atoms with Gasteiger partial charge in [-0.25, -0.2) is 9.49 Å². The zero-order valence-electron chi connectivity index (χ0n) is 19.8. The molecule has 1 fully saturated rings. The molecular formula is C27H28FN5O2. The second kappa shape index (κ2) is 9.02. The van der Waals surface area contributed by atoms with E-state index < -0.39 is 0 Å². The Balaban J connectivity index is 1.41. The number of aromatic amines is 1. The number of hydrogen-bond donors (Lipinski definition) is 3. The van der Waals surface area contributed by atoms with Gasteiger partial charge in [0.2, 0.25) is 0 Å². The average Bonchev–Trinajstić information content (AvgIpc) is 3.51. The number of nitrogen functional groups attached to an aromatic ring is 1. The Morgan fingerprint density at radius 1 is 1.17 bits per heavy atom. The molecule has 7 nitrogen and oxygen atoms in total. The third-order valence-corrected chi connectivity index (χ3v) is 6.97. The lowest BCUT2D eigenvalue weighted by Gasteiger charge is -2.12. The molecule has 5 rings (SSSR count). The van der Waals surface area contributed by atoms with Crippen LogP contribution in [-0.2, 0) is 6.54 Å². The van der Waals surface area contributed by atoms with Gasteiger partial charge in [-0.15, -0.1) is 0 Å². The van der Waals surface area contributed by atoms with E-state index in [1.807, 2.05) is 30.5 Å². The second-order valence-corrected chi connectivity index (χ2v) is 9.35. The number of aromatic nitrogens is 3. The number of carbonyl (C=O) groups excluding carboxylic acids is 1. The molecule has 2 heterocycles. The summed E-state index contributed by atoms with van der Waals surface area (Å²) < 4.78 is 15.8. The average molecular weight is 474 g/mol. The highest BCUT2D eigenvalue weighted by Gasteiger charge is 2.24. The zero-order chi connectivity index (χ0) is 24.7. The second-order valence-electron chi connectivity index (χ2n) is 9.35. The molecule has 0 unspecified atom stereocenters. The number of H-pyrrole nitrogens is 1. The van der Waals surface area contributed by atoms with Gasteiger partial charge in [0.05, 0.1) is 5.39 Å². The summed E-state index contributed by atoms with van der Waals surface area (Å²) in [4.78, 5) is 25.3. The maximum absolute atomic E-state index is 13.7. The van der Waals surface area contributed by atoms with E-state index in [-0.39, 0.29) is 23.3 Å². The number of halogens is 1. The highest BCUT2D eigenvalue weighted by Crippen LogP contribution is 2.38. The Bertz CT molecular complexity index is 1480. The number of aryl methyl sites for hydroxylation is 2. The first-order valence-corrected chi connectivity index (χ1v) is 11.9. The van der Waals surface area contributed by atoms with Crippen LogP contribution in [0.5, 0.6) is 0 Å². The van der Waals surface area contributed by atoms with Crippen LogP contribution >= 0.6 is 0 Å². The maximum atomic E-state index is 13.7. The molecule has 8 heteroatoms. The number of nitrogens with zero attached hydrogens (tertiary/aromatic N) is 2. The summed E-state index contributed by atoms with van der Waals surface area (Å²) in [5, 5.41) is 10.1. The van der Waals surface area contributed by atoms with Crippen LogP contribution < -0.4 is 16.6 Å². The SMILES string of the molecule is Cc1cc(C(=O)NCc2ccc(-c3cn(C4CCCC4)c4c(=O)[nH]nc(N)c34)cc2)c(C)cc1F. The minimum atomic E-state index is -0.318. The van der Waals surface area contributed by atoms with Gasteiger partial charge in [0, 0.05) is 29.9 Å². The Morgan fingerprint density at radius 2 is 1.89 bits per heavy atom. The first-order chi connectivity index (χ1) is 16.8. The number of carbonyl (C=O) groups is 1. The predicted octanol–water partition coefficient (Wildman–Crippen LogP) is 4.77. The quantitative estimate of drug-likeness (QED) is 0.388. The topological polar surface area (TPSA) is 106 Å². The van der Waals surface area contributed by atoms with Gasteiger partial charge in [0.1, 0.15) is 11.3 Å². The summed E-state index contributed by atoms with van der Waals surface area (Å²) in [6.07, 6.45) is 6.39. The molecule has 35 heavy (non-hydrogen) atoms. The molecular weight excluding hydrogens is 445 g/mol. The third-order valence-electron chi connectivity index (χ3n) is 6.97. The lowest BCUT2D eigenvalue weighted by Crippen LogP contribution is -2.23. The van der Waals surface area contributed by atoms with Crippen LogP contribution in [0.1, 0.15) is 58.8 Å². The number of rotatable bonds is 5. The first-order valence-electron chi connectivity index (χ1n) is 11.9. The molecule has 4 N–H and O–H groups in total. The van der Waals surface area contributed by atoms with Crippen molar-refractivity contribution in [3.8, 4) is 11.1 Å². The van der Waals surface area contributed by atoms with E-state index in [1.54, 1.807) is 19.9 Å². The number of hydrogen-bond acceptors (Lipinski definition) is 4. The van der Waals surface area contributed by atoms with Crippen molar-refractivity contribution in [1.29, 1.82) is 0 Å². The molecule has 0 spiro atoms. The van der Waals surface area contributed by atoms with E-state index in [0.717, 1.165) is 42.4 Å². The van der Waals surface area contributed by atoms with Crippen molar-refractivity contribution in [2.75, 3.05) is 5.73 Å². The van der Waals surface area contributed by atoms with E-state index in [9.17, 15) is 14.0 Å². The predicted molar refractivity (Wildman–Crippen MR) is 135 cm³/mol. The lowest BCUT2D eigenvalue weighted by atomic mass is 10.0. The van der Waals surface area contributed by atoms with Crippen LogP contribution in [0.3, 0.4) is 0 Å². The molecule has 0 saturated heterocycles. The molecule has 0 atom stereocenters. The molecule has 2 aromatic carbocycles. The molecule has 0 bridgehead atoms. The molecule has 1 aliphatic rings. The number of nitrogens with one attached hydrogen (secondary N) is 2. The van der Waals surface area contributed by atoms with Crippen LogP contribution in [0.2, 0.25) is 0 Å². The van der Waals surface area contributed by atoms with Gasteiger partial charge in [-0.3, -0.25) is 9.59 Å². The summed E-state index contributed by atoms with van der Waals surface area (Å²) in [7, 11) is 0. The van der Waals surface area contributed by atoms with Gasteiger partial charge >= 0.3 is 0 Å². The fourth-order valence-electron chi connectivity index (χ4n) is 5.03. The molecule has 4 aromatic rings. The van der Waals surface area contributed by atoms with Crippen molar-refractivity contribution in [1.82, 2.24) is 20.1 Å². The van der Waals surface area contributed by atoms with Crippen molar-refractivity contribution in [2.24, 2.45) is 0 Å². The van der Waals surface area contributed by atoms with Crippen LogP contribution in [0.15, 0.2) is 47.4 Å². The number of benzene rings is 2. The van der Waals surface area contributed by atoms with Crippen molar-refractivity contribution in [2.45, 2.75) is 52.1 Å². The Morgan fingerprint density at radius 3 is 2.60 bits per heavy atom. The molecule has 0 aliphatic heterocycles. The standard InChI is InChI=1S/C27H28FN5O2/c1-15-12-22(28)16(2)11-20(15)26(34)30-13-17-7-9-18(10-8-17)21-14-33(19-5-3-4-6-19)24-23(21)25(29)31-32-27(24)35/h7-12,14,19H,3-6,13H2,1-2H3,(H2,29,31)(H,30,34)(H,32,35). The molecule has 0 radical (unpaired) electrons. The van der Waals surface area contributed by atoms with Gasteiger partial charge in [-0.1, -0.05) is 37.1 Å². The Labute approximate surface area is 202 Å². The highest BCUT2D eigenvalue weighted by atomic mass is 19.1. The normalized spacial score (nSPS) is 14.0. The maximum Gasteiger partial charge on any atom is 0.288 e. The molecule has 2 aromatic heterocycles. The minimum absolute atomic E-state index is 0.238.